The maximum Gasteiger partial charge on any atom is 1.00 e. The van der Waals surface area contributed by atoms with Gasteiger partial charge in [0.2, 0.25) is 0 Å². The number of benzene rings is 1. The molecule has 1 rings (SSSR count). The van der Waals surface area contributed by atoms with E-state index >= 15 is 0 Å². The smallest absolute Gasteiger partial charge is 0.633 e. The number of ether oxygens (including phenoxy) is 1. The van der Waals surface area contributed by atoms with Gasteiger partial charge in [-0.15, -0.1) is 6.42 Å². The summed E-state index contributed by atoms with van der Waals surface area (Å²) in [6.07, 6.45) is 0.607. The average molecular weight is 427 g/mol. The first-order valence-corrected chi connectivity index (χ1v) is 13.9. The molecule has 3 nitrogen and oxygen atoms in total. The third-order valence-electron chi connectivity index (χ3n) is 6.03. The average Bonchev–Trinajstić information content (AvgIpc) is 2.58. The standard InChI is InChI=1S/C25H43O3Si.Li/c1-17(2)20-15-21(18(3)4)23(22(16-20)19(5)6)24(26)27-13-12-14-28-29(10,11)25(7,8)9;/h13,15-19H,12,14H2,1-11H3;/q-1;+1. The molecule has 0 aliphatic rings. The van der Waals surface area contributed by atoms with Gasteiger partial charge in [0.05, 0.1) is 5.56 Å². The summed E-state index contributed by atoms with van der Waals surface area (Å²) in [5, 5.41) is 0.181. The third kappa shape index (κ3) is 7.86. The molecular formula is C25H43LiO3Si. The summed E-state index contributed by atoms with van der Waals surface area (Å²) in [6.45, 7) is 26.3. The van der Waals surface area contributed by atoms with Crippen LogP contribution in [-0.4, -0.2) is 20.9 Å². The Labute approximate surface area is 199 Å². The van der Waals surface area contributed by atoms with Crippen molar-refractivity contribution in [1.82, 2.24) is 0 Å². The van der Waals surface area contributed by atoms with E-state index in [1.807, 2.05) is 0 Å². The fraction of sp³-hybridized carbons (Fsp3) is 0.680. The topological polar surface area (TPSA) is 35.5 Å². The van der Waals surface area contributed by atoms with Crippen molar-refractivity contribution in [3.05, 3.63) is 41.0 Å². The van der Waals surface area contributed by atoms with Crippen LogP contribution in [-0.2, 0) is 9.16 Å². The summed E-state index contributed by atoms with van der Waals surface area (Å²) in [6, 6.07) is 4.36. The minimum atomic E-state index is -1.77. The van der Waals surface area contributed by atoms with Crippen molar-refractivity contribution in [2.45, 2.75) is 105 Å². The summed E-state index contributed by atoms with van der Waals surface area (Å²) < 4.78 is 11.7. The quantitative estimate of drug-likeness (QED) is 0.246. The normalized spacial score (nSPS) is 12.5. The Morgan fingerprint density at radius 2 is 1.43 bits per heavy atom. The van der Waals surface area contributed by atoms with E-state index in [-0.39, 0.29) is 41.7 Å². The van der Waals surface area contributed by atoms with E-state index in [9.17, 15) is 4.79 Å². The van der Waals surface area contributed by atoms with Crippen molar-refractivity contribution in [2.24, 2.45) is 0 Å². The van der Waals surface area contributed by atoms with Crippen LogP contribution in [0.4, 0.5) is 0 Å². The molecule has 0 amide bonds. The molecule has 166 valence electrons. The molecule has 0 aliphatic carbocycles. The van der Waals surface area contributed by atoms with Crippen LogP contribution in [0.5, 0.6) is 0 Å². The second-order valence-electron chi connectivity index (χ2n) is 10.5. The van der Waals surface area contributed by atoms with Gasteiger partial charge >= 0.3 is 24.8 Å². The van der Waals surface area contributed by atoms with E-state index in [4.69, 9.17) is 9.16 Å². The van der Waals surface area contributed by atoms with Crippen molar-refractivity contribution in [3.63, 3.8) is 0 Å². The van der Waals surface area contributed by atoms with Gasteiger partial charge in [-0.3, -0.25) is 0 Å². The number of hydrogen-bond acceptors (Lipinski definition) is 3. The van der Waals surface area contributed by atoms with E-state index in [1.165, 1.54) is 5.56 Å². The first kappa shape index (κ1) is 29.5. The largest absolute Gasteiger partial charge is 1.00 e. The maximum absolute atomic E-state index is 13.0. The molecule has 0 atom stereocenters. The molecule has 1 aromatic carbocycles. The van der Waals surface area contributed by atoms with Crippen LogP contribution in [0, 0.1) is 6.61 Å². The van der Waals surface area contributed by atoms with Gasteiger partial charge in [0.15, 0.2) is 8.32 Å². The molecule has 0 bridgehead atoms. The van der Waals surface area contributed by atoms with Gasteiger partial charge in [-0.2, -0.15) is 6.61 Å². The fourth-order valence-electron chi connectivity index (χ4n) is 2.96. The van der Waals surface area contributed by atoms with Crippen molar-refractivity contribution in [2.75, 3.05) is 6.61 Å². The van der Waals surface area contributed by atoms with Crippen LogP contribution in [0.3, 0.4) is 0 Å². The molecule has 0 aromatic heterocycles. The predicted molar refractivity (Wildman–Crippen MR) is 126 cm³/mol. The summed E-state index contributed by atoms with van der Waals surface area (Å²) in [5.41, 5.74) is 4.17. The van der Waals surface area contributed by atoms with Gasteiger partial charge in [0, 0.05) is 6.61 Å². The number of carbonyl (C=O) groups is 1. The van der Waals surface area contributed by atoms with Crippen molar-refractivity contribution in [1.29, 1.82) is 0 Å². The summed E-state index contributed by atoms with van der Waals surface area (Å²) in [4.78, 5) is 13.0. The van der Waals surface area contributed by atoms with E-state index in [1.54, 1.807) is 6.61 Å². The third-order valence-corrected chi connectivity index (χ3v) is 10.6. The molecule has 0 heterocycles. The monoisotopic (exact) mass is 426 g/mol. The molecule has 1 aromatic rings. The van der Waals surface area contributed by atoms with Crippen molar-refractivity contribution < 1.29 is 32.8 Å². The number of rotatable bonds is 9. The van der Waals surface area contributed by atoms with Crippen molar-refractivity contribution >= 4 is 14.3 Å². The van der Waals surface area contributed by atoms with Crippen LogP contribution < -0.4 is 18.9 Å². The zero-order valence-corrected chi connectivity index (χ0v) is 22.6. The summed E-state index contributed by atoms with van der Waals surface area (Å²) >= 11 is 0. The molecule has 5 heteroatoms. The second kappa shape index (κ2) is 11.9. The Kier molecular flexibility index (Phi) is 11.7. The van der Waals surface area contributed by atoms with Gasteiger partial charge < -0.3 is 9.16 Å². The number of hydrogen-bond donors (Lipinski definition) is 0. The van der Waals surface area contributed by atoms with E-state index in [2.05, 4.69) is 87.5 Å². The Hall–Kier alpha value is -0.536. The molecule has 0 aliphatic heterocycles. The molecule has 0 unspecified atom stereocenters. The van der Waals surface area contributed by atoms with E-state index in [0.29, 0.717) is 18.9 Å². The van der Waals surface area contributed by atoms with Crippen LogP contribution >= 0.6 is 0 Å². The molecule has 0 fully saturated rings. The molecule has 0 N–H and O–H groups in total. The zero-order chi connectivity index (χ0) is 22.6. The Morgan fingerprint density at radius 3 is 1.80 bits per heavy atom. The van der Waals surface area contributed by atoms with E-state index < -0.39 is 8.32 Å². The first-order chi connectivity index (χ1) is 13.2. The molecule has 0 saturated carbocycles. The first-order valence-electron chi connectivity index (χ1n) is 11.0. The molecule has 30 heavy (non-hydrogen) atoms. The second-order valence-corrected chi connectivity index (χ2v) is 15.3. The van der Waals surface area contributed by atoms with Crippen LogP contribution in [0.1, 0.15) is 114 Å². The summed E-state index contributed by atoms with van der Waals surface area (Å²) in [5.74, 6) is 0.695. The fourth-order valence-corrected chi connectivity index (χ4v) is 4.02. The number of esters is 1. The van der Waals surface area contributed by atoms with Gasteiger partial charge in [-0.05, 0) is 52.6 Å². The summed E-state index contributed by atoms with van der Waals surface area (Å²) in [7, 11) is -1.77. The minimum Gasteiger partial charge on any atom is -0.633 e. The van der Waals surface area contributed by atoms with Gasteiger partial charge in [0.25, 0.3) is 0 Å². The molecular weight excluding hydrogens is 383 g/mol. The maximum atomic E-state index is 13.0. The SMILES string of the molecule is CC(C)c1cc(C(C)C)c(C(=O)O[CH-]CCO[Si](C)(C)C(C)(C)C)c(C(C)C)c1.[Li+]. The van der Waals surface area contributed by atoms with Crippen LogP contribution in [0.25, 0.3) is 0 Å². The zero-order valence-electron chi connectivity index (χ0n) is 21.6. The van der Waals surface area contributed by atoms with Crippen LogP contribution in [0.15, 0.2) is 12.1 Å². The van der Waals surface area contributed by atoms with Crippen molar-refractivity contribution in [3.8, 4) is 0 Å². The Morgan fingerprint density at radius 1 is 0.967 bits per heavy atom. The molecule has 0 spiro atoms. The minimum absolute atomic E-state index is 0. The Balaban J connectivity index is 0.00000841. The van der Waals surface area contributed by atoms with Gasteiger partial charge in [-0.25, -0.2) is 4.79 Å². The molecule has 0 saturated heterocycles. The number of carbonyl (C=O) groups excluding carboxylic acids is 1. The molecule has 0 radical (unpaired) electrons. The van der Waals surface area contributed by atoms with E-state index in [0.717, 1.165) is 16.7 Å². The van der Waals surface area contributed by atoms with Gasteiger partial charge in [-0.1, -0.05) is 74.4 Å². The Bertz CT molecular complexity index is 659. The van der Waals surface area contributed by atoms with Gasteiger partial charge in [0.1, 0.15) is 0 Å². The predicted octanol–water partition coefficient (Wildman–Crippen LogP) is 4.79. The van der Waals surface area contributed by atoms with Crippen LogP contribution in [0.2, 0.25) is 18.1 Å².